The summed E-state index contributed by atoms with van der Waals surface area (Å²) in [7, 11) is 0. The topological polar surface area (TPSA) is 120 Å². The van der Waals surface area contributed by atoms with Crippen LogP contribution in [0.1, 0.15) is 24.8 Å². The lowest BCUT2D eigenvalue weighted by atomic mass is 9.93. The molecule has 0 atom stereocenters. The van der Waals surface area contributed by atoms with Crippen LogP contribution in [0, 0.1) is 5.92 Å². The molecule has 4 heterocycles. The van der Waals surface area contributed by atoms with E-state index >= 15 is 0 Å². The Labute approximate surface area is 238 Å². The number of carbonyl (C=O) groups is 1. The lowest BCUT2D eigenvalue weighted by molar-refractivity contribution is 0.166. The Hall–Kier alpha value is -3.51. The van der Waals surface area contributed by atoms with Crippen LogP contribution in [0.5, 0.6) is 11.5 Å². The average molecular weight is 611 g/mol. The van der Waals surface area contributed by atoms with Gasteiger partial charge in [-0.15, -0.1) is 0 Å². The van der Waals surface area contributed by atoms with Gasteiger partial charge in [0.05, 0.1) is 0 Å². The van der Waals surface area contributed by atoms with E-state index < -0.39 is 0 Å². The van der Waals surface area contributed by atoms with E-state index in [0.29, 0.717) is 29.5 Å². The first-order chi connectivity index (χ1) is 19.0. The minimum absolute atomic E-state index is 0.00179. The summed E-state index contributed by atoms with van der Waals surface area (Å²) in [5.41, 5.74) is 8.57. The number of aryl methyl sites for hydroxylation is 1. The summed E-state index contributed by atoms with van der Waals surface area (Å²) in [5.74, 6) is 2.28. The van der Waals surface area contributed by atoms with E-state index in [4.69, 9.17) is 20.2 Å². The lowest BCUT2D eigenvalue weighted by Gasteiger charge is -2.32. The van der Waals surface area contributed by atoms with Gasteiger partial charge in [0.1, 0.15) is 6.33 Å². The molecule has 0 saturated carbocycles. The van der Waals surface area contributed by atoms with Crippen LogP contribution in [0.3, 0.4) is 0 Å². The quantitative estimate of drug-likeness (QED) is 0.298. The fourth-order valence-electron chi connectivity index (χ4n) is 4.91. The van der Waals surface area contributed by atoms with Gasteiger partial charge in [-0.25, -0.2) is 19.7 Å². The van der Waals surface area contributed by atoms with Crippen LogP contribution in [-0.4, -0.2) is 50.3 Å². The third-order valence-electron chi connectivity index (χ3n) is 7.10. The molecule has 4 aromatic rings. The summed E-state index contributed by atoms with van der Waals surface area (Å²) in [5, 5.41) is 3.83. The zero-order valence-corrected chi connectivity index (χ0v) is 23.6. The van der Waals surface area contributed by atoms with Crippen molar-refractivity contribution in [3.63, 3.8) is 0 Å². The normalized spacial score (nSPS) is 15.2. The minimum Gasteiger partial charge on any atom is -0.454 e. The summed E-state index contributed by atoms with van der Waals surface area (Å²) < 4.78 is 14.1. The maximum Gasteiger partial charge on any atom is 0.317 e. The van der Waals surface area contributed by atoms with E-state index in [2.05, 4.69) is 35.8 Å². The number of benzene rings is 2. The highest BCUT2D eigenvalue weighted by Crippen LogP contribution is 2.43. The second kappa shape index (κ2) is 11.3. The van der Waals surface area contributed by atoms with Crippen molar-refractivity contribution in [1.29, 1.82) is 0 Å². The van der Waals surface area contributed by atoms with E-state index in [1.165, 1.54) is 18.1 Å². The standard InChI is InChI=1S/C27H28BrN7O3S/c28-19-12-20-21(38-16-37-20)13-22(19)39-27-33-23-24(29)31-15-32-25(23)35(27)11-8-17-6-9-34(10-7-17)26(36)30-14-18-4-2-1-3-5-18/h1-5,12-13,15,17H,6-11,14,16H2,(H,30,36)(H2,29,31,32). The van der Waals surface area contributed by atoms with Gasteiger partial charge in [-0.3, -0.25) is 0 Å². The molecular weight excluding hydrogens is 582 g/mol. The number of rotatable bonds is 7. The molecule has 202 valence electrons. The van der Waals surface area contributed by atoms with E-state index in [1.807, 2.05) is 47.4 Å². The highest BCUT2D eigenvalue weighted by atomic mass is 79.9. The summed E-state index contributed by atoms with van der Waals surface area (Å²) in [6.45, 7) is 2.99. The SMILES string of the molecule is Nc1ncnc2c1nc(Sc1cc3c(cc1Br)OCO3)n2CCC1CCN(C(=O)NCc2ccccc2)CC1. The van der Waals surface area contributed by atoms with Crippen molar-refractivity contribution in [2.75, 3.05) is 25.6 Å². The molecule has 2 aromatic heterocycles. The molecule has 0 aliphatic carbocycles. The molecule has 6 rings (SSSR count). The summed E-state index contributed by atoms with van der Waals surface area (Å²) in [6, 6.07) is 13.8. The van der Waals surface area contributed by atoms with Crippen molar-refractivity contribution in [3.8, 4) is 11.5 Å². The van der Waals surface area contributed by atoms with Gasteiger partial charge in [-0.1, -0.05) is 42.1 Å². The first-order valence-electron chi connectivity index (χ1n) is 12.9. The Morgan fingerprint density at radius 1 is 1.13 bits per heavy atom. The molecule has 2 aliphatic rings. The molecule has 12 heteroatoms. The number of halogens is 1. The predicted octanol–water partition coefficient (Wildman–Crippen LogP) is 5.06. The largest absolute Gasteiger partial charge is 0.454 e. The van der Waals surface area contributed by atoms with Crippen molar-refractivity contribution >= 4 is 50.7 Å². The van der Waals surface area contributed by atoms with Crippen LogP contribution in [0.2, 0.25) is 0 Å². The molecule has 2 amide bonds. The third kappa shape index (κ3) is 5.62. The van der Waals surface area contributed by atoms with Gasteiger partial charge < -0.3 is 30.0 Å². The molecular formula is C27H28BrN7O3S. The third-order valence-corrected chi connectivity index (χ3v) is 9.07. The number of fused-ring (bicyclic) bond motifs is 2. The molecule has 0 unspecified atom stereocenters. The number of amides is 2. The highest BCUT2D eigenvalue weighted by molar-refractivity contribution is 9.10. The zero-order valence-electron chi connectivity index (χ0n) is 21.2. The van der Waals surface area contributed by atoms with Crippen LogP contribution >= 0.6 is 27.7 Å². The number of carbonyl (C=O) groups excluding carboxylic acids is 1. The number of aromatic nitrogens is 4. The fraction of sp³-hybridized carbons (Fsp3) is 0.333. The first kappa shape index (κ1) is 25.8. The van der Waals surface area contributed by atoms with E-state index in [0.717, 1.165) is 70.4 Å². The van der Waals surface area contributed by atoms with Crippen molar-refractivity contribution in [2.24, 2.45) is 5.92 Å². The number of nitrogens with two attached hydrogens (primary N) is 1. The maximum atomic E-state index is 12.7. The Kier molecular flexibility index (Phi) is 7.47. The molecule has 2 aromatic carbocycles. The van der Waals surface area contributed by atoms with Gasteiger partial charge >= 0.3 is 6.03 Å². The Morgan fingerprint density at radius 2 is 1.90 bits per heavy atom. The van der Waals surface area contributed by atoms with Crippen molar-refractivity contribution in [2.45, 2.75) is 42.4 Å². The lowest BCUT2D eigenvalue weighted by Crippen LogP contribution is -2.44. The molecule has 10 nitrogen and oxygen atoms in total. The van der Waals surface area contributed by atoms with Crippen molar-refractivity contribution in [3.05, 3.63) is 58.8 Å². The number of likely N-dealkylation sites (tertiary alicyclic amines) is 1. The second-order valence-corrected chi connectivity index (χ2v) is 11.4. The monoisotopic (exact) mass is 609 g/mol. The smallest absolute Gasteiger partial charge is 0.317 e. The van der Waals surface area contributed by atoms with Crippen LogP contribution in [0.4, 0.5) is 10.6 Å². The Morgan fingerprint density at radius 3 is 2.69 bits per heavy atom. The van der Waals surface area contributed by atoms with E-state index in [9.17, 15) is 4.79 Å². The first-order valence-corrected chi connectivity index (χ1v) is 14.5. The number of ether oxygens (including phenoxy) is 2. The van der Waals surface area contributed by atoms with Crippen LogP contribution in [0.25, 0.3) is 11.2 Å². The Balaban J connectivity index is 1.11. The molecule has 1 saturated heterocycles. The molecule has 39 heavy (non-hydrogen) atoms. The van der Waals surface area contributed by atoms with E-state index in [1.54, 1.807) is 0 Å². The van der Waals surface area contributed by atoms with Crippen LogP contribution < -0.4 is 20.5 Å². The predicted molar refractivity (Wildman–Crippen MR) is 152 cm³/mol. The molecule has 0 radical (unpaired) electrons. The Bertz CT molecular complexity index is 1490. The minimum atomic E-state index is -0.00179. The number of imidazole rings is 1. The summed E-state index contributed by atoms with van der Waals surface area (Å²) in [4.78, 5) is 29.0. The van der Waals surface area contributed by atoms with Gasteiger partial charge in [0.2, 0.25) is 6.79 Å². The molecule has 0 bridgehead atoms. The highest BCUT2D eigenvalue weighted by Gasteiger charge is 2.25. The van der Waals surface area contributed by atoms with Crippen molar-refractivity contribution in [1.82, 2.24) is 29.7 Å². The van der Waals surface area contributed by atoms with Gasteiger partial charge in [0.15, 0.2) is 33.6 Å². The summed E-state index contributed by atoms with van der Waals surface area (Å²) in [6.07, 6.45) is 4.34. The molecule has 3 N–H and O–H groups in total. The van der Waals surface area contributed by atoms with Gasteiger partial charge in [-0.2, -0.15) is 0 Å². The van der Waals surface area contributed by atoms with Gasteiger partial charge in [0, 0.05) is 35.5 Å². The van der Waals surface area contributed by atoms with Crippen LogP contribution in [0.15, 0.2) is 63.3 Å². The zero-order chi connectivity index (χ0) is 26.8. The van der Waals surface area contributed by atoms with Crippen LogP contribution in [-0.2, 0) is 13.1 Å². The number of nitrogens with zero attached hydrogens (tertiary/aromatic N) is 5. The number of anilines is 1. The molecule has 2 aliphatic heterocycles. The average Bonchev–Trinajstić information content (AvgIpc) is 3.56. The number of piperidine rings is 1. The number of hydrogen-bond donors (Lipinski definition) is 2. The van der Waals surface area contributed by atoms with Crippen molar-refractivity contribution < 1.29 is 14.3 Å². The second-order valence-electron chi connectivity index (χ2n) is 9.58. The number of nitrogen functional groups attached to an aromatic ring is 1. The molecule has 1 fully saturated rings. The van der Waals surface area contributed by atoms with E-state index in [-0.39, 0.29) is 12.8 Å². The fourth-order valence-corrected chi connectivity index (χ4v) is 6.42. The molecule has 0 spiro atoms. The number of hydrogen-bond acceptors (Lipinski definition) is 8. The van der Waals surface area contributed by atoms with Gasteiger partial charge in [0.25, 0.3) is 0 Å². The van der Waals surface area contributed by atoms with Gasteiger partial charge in [-0.05, 0) is 58.8 Å². The number of urea groups is 1. The number of nitrogens with one attached hydrogen (secondary N) is 1. The maximum absolute atomic E-state index is 12.7. The summed E-state index contributed by atoms with van der Waals surface area (Å²) >= 11 is 5.17.